The molecular formula is C13H22ClN3O2S. The third-order valence-corrected chi connectivity index (χ3v) is 3.98. The molecule has 5 nitrogen and oxygen atoms in total. The minimum absolute atomic E-state index is 0.192. The summed E-state index contributed by atoms with van der Waals surface area (Å²) in [4.78, 5) is 18.2. The summed E-state index contributed by atoms with van der Waals surface area (Å²) in [5.74, 6) is 0.122. The topological polar surface area (TPSA) is 54.5 Å². The second kappa shape index (κ2) is 7.81. The van der Waals surface area contributed by atoms with Gasteiger partial charge in [-0.05, 0) is 26.4 Å². The van der Waals surface area contributed by atoms with Crippen LogP contribution in [0.3, 0.4) is 0 Å². The molecule has 0 aliphatic carbocycles. The first kappa shape index (κ1) is 17.2. The van der Waals surface area contributed by atoms with Crippen molar-refractivity contribution in [2.75, 3.05) is 33.1 Å². The number of rotatable bonds is 7. The van der Waals surface area contributed by atoms with E-state index in [1.54, 1.807) is 0 Å². The SMILES string of the molecule is COC(=O)c1sc(NC(CC(C)C)CN(C)C)nc1Cl. The summed E-state index contributed by atoms with van der Waals surface area (Å²) >= 11 is 7.19. The Kier molecular flexibility index (Phi) is 6.71. The molecule has 0 aliphatic heterocycles. The molecule has 7 heteroatoms. The summed E-state index contributed by atoms with van der Waals surface area (Å²) in [5.41, 5.74) is 0. The van der Waals surface area contributed by atoms with Crippen LogP contribution in [0.15, 0.2) is 0 Å². The predicted molar refractivity (Wildman–Crippen MR) is 83.9 cm³/mol. The van der Waals surface area contributed by atoms with Crippen molar-refractivity contribution in [3.05, 3.63) is 10.0 Å². The molecule has 0 saturated heterocycles. The molecule has 0 spiro atoms. The summed E-state index contributed by atoms with van der Waals surface area (Å²) in [6.07, 6.45) is 1.02. The lowest BCUT2D eigenvalue weighted by atomic mass is 10.0. The Bertz CT molecular complexity index is 439. The number of methoxy groups -OCH3 is 1. The number of carbonyl (C=O) groups excluding carboxylic acids is 1. The molecule has 0 saturated carbocycles. The smallest absolute Gasteiger partial charge is 0.351 e. The largest absolute Gasteiger partial charge is 0.465 e. The zero-order valence-corrected chi connectivity index (χ0v) is 14.1. The van der Waals surface area contributed by atoms with Crippen LogP contribution in [-0.2, 0) is 4.74 Å². The molecule has 0 amide bonds. The standard InChI is InChI=1S/C13H22ClN3O2S/c1-8(2)6-9(7-17(3)4)15-13-16-11(14)10(20-13)12(18)19-5/h8-9H,6-7H2,1-5H3,(H,15,16). The average Bonchev–Trinajstić information content (AvgIpc) is 2.67. The monoisotopic (exact) mass is 319 g/mol. The lowest BCUT2D eigenvalue weighted by Crippen LogP contribution is -2.33. The van der Waals surface area contributed by atoms with Crippen molar-refractivity contribution in [2.45, 2.75) is 26.3 Å². The van der Waals surface area contributed by atoms with Crippen LogP contribution in [0.25, 0.3) is 0 Å². The fourth-order valence-electron chi connectivity index (χ4n) is 1.95. The fourth-order valence-corrected chi connectivity index (χ4v) is 3.13. The van der Waals surface area contributed by atoms with Crippen molar-refractivity contribution in [1.82, 2.24) is 9.88 Å². The van der Waals surface area contributed by atoms with Crippen molar-refractivity contribution >= 4 is 34.0 Å². The molecule has 1 heterocycles. The van der Waals surface area contributed by atoms with Gasteiger partial charge in [0.1, 0.15) is 0 Å². The van der Waals surface area contributed by atoms with E-state index in [0.29, 0.717) is 15.9 Å². The second-order valence-corrected chi connectivity index (χ2v) is 6.72. The molecule has 1 atom stereocenters. The summed E-state index contributed by atoms with van der Waals surface area (Å²) in [6, 6.07) is 0.262. The predicted octanol–water partition coefficient (Wildman–Crippen LogP) is 2.97. The van der Waals surface area contributed by atoms with E-state index >= 15 is 0 Å². The minimum Gasteiger partial charge on any atom is -0.465 e. The maximum Gasteiger partial charge on any atom is 0.351 e. The second-order valence-electron chi connectivity index (χ2n) is 5.36. The number of thiazole rings is 1. The Labute approximate surface area is 129 Å². The first-order valence-corrected chi connectivity index (χ1v) is 7.68. The number of aromatic nitrogens is 1. The van der Waals surface area contributed by atoms with E-state index in [1.165, 1.54) is 18.4 Å². The Balaban J connectivity index is 2.80. The maximum atomic E-state index is 11.5. The molecular weight excluding hydrogens is 298 g/mol. The van der Waals surface area contributed by atoms with Crippen LogP contribution >= 0.6 is 22.9 Å². The number of halogens is 1. The Hall–Kier alpha value is -0.850. The molecule has 0 aromatic carbocycles. The number of nitrogens with one attached hydrogen (secondary N) is 1. The molecule has 0 aliphatic rings. The van der Waals surface area contributed by atoms with E-state index in [2.05, 4.69) is 33.8 Å². The van der Waals surface area contributed by atoms with Crippen molar-refractivity contribution in [3.63, 3.8) is 0 Å². The summed E-state index contributed by atoms with van der Waals surface area (Å²) in [6.45, 7) is 5.25. The molecule has 1 aromatic rings. The van der Waals surface area contributed by atoms with Crippen LogP contribution in [0, 0.1) is 5.92 Å². The number of esters is 1. The van der Waals surface area contributed by atoms with Crippen molar-refractivity contribution in [1.29, 1.82) is 0 Å². The Morgan fingerprint density at radius 3 is 2.65 bits per heavy atom. The van der Waals surface area contributed by atoms with Gasteiger partial charge in [-0.2, -0.15) is 0 Å². The van der Waals surface area contributed by atoms with E-state index < -0.39 is 5.97 Å². The number of anilines is 1. The molecule has 1 rings (SSSR count). The number of nitrogens with zero attached hydrogens (tertiary/aromatic N) is 2. The highest BCUT2D eigenvalue weighted by Gasteiger charge is 2.20. The van der Waals surface area contributed by atoms with Crippen LogP contribution in [0.2, 0.25) is 5.15 Å². The minimum atomic E-state index is -0.450. The van der Waals surface area contributed by atoms with Gasteiger partial charge in [0.05, 0.1) is 7.11 Å². The number of hydrogen-bond acceptors (Lipinski definition) is 6. The van der Waals surface area contributed by atoms with Crippen LogP contribution in [0.1, 0.15) is 29.9 Å². The van der Waals surface area contributed by atoms with E-state index in [4.69, 9.17) is 11.6 Å². The van der Waals surface area contributed by atoms with Gasteiger partial charge in [-0.1, -0.05) is 36.8 Å². The van der Waals surface area contributed by atoms with E-state index in [9.17, 15) is 4.79 Å². The summed E-state index contributed by atoms with van der Waals surface area (Å²) in [5, 5.41) is 4.20. The van der Waals surface area contributed by atoms with E-state index in [-0.39, 0.29) is 11.2 Å². The van der Waals surface area contributed by atoms with Crippen LogP contribution in [0.4, 0.5) is 5.13 Å². The lowest BCUT2D eigenvalue weighted by molar-refractivity contribution is 0.0606. The Morgan fingerprint density at radius 2 is 2.15 bits per heavy atom. The van der Waals surface area contributed by atoms with Crippen LogP contribution in [-0.4, -0.2) is 49.6 Å². The third-order valence-electron chi connectivity index (χ3n) is 2.63. The van der Waals surface area contributed by atoms with Crippen molar-refractivity contribution in [2.24, 2.45) is 5.92 Å². The average molecular weight is 320 g/mol. The van der Waals surface area contributed by atoms with Crippen LogP contribution < -0.4 is 5.32 Å². The first-order valence-electron chi connectivity index (χ1n) is 6.49. The first-order chi connectivity index (χ1) is 9.33. The van der Waals surface area contributed by atoms with E-state index in [0.717, 1.165) is 13.0 Å². The van der Waals surface area contributed by atoms with Gasteiger partial charge < -0.3 is 15.0 Å². The normalized spacial score (nSPS) is 12.8. The van der Waals surface area contributed by atoms with Crippen LogP contribution in [0.5, 0.6) is 0 Å². The van der Waals surface area contributed by atoms with E-state index in [1.807, 2.05) is 14.1 Å². The molecule has 1 N–H and O–H groups in total. The molecule has 0 fully saturated rings. The summed E-state index contributed by atoms with van der Waals surface area (Å²) in [7, 11) is 5.40. The highest BCUT2D eigenvalue weighted by Crippen LogP contribution is 2.28. The maximum absolute atomic E-state index is 11.5. The van der Waals surface area contributed by atoms with Crippen molar-refractivity contribution in [3.8, 4) is 0 Å². The van der Waals surface area contributed by atoms with Crippen molar-refractivity contribution < 1.29 is 9.53 Å². The highest BCUT2D eigenvalue weighted by atomic mass is 35.5. The number of ether oxygens (including phenoxy) is 1. The molecule has 1 unspecified atom stereocenters. The Morgan fingerprint density at radius 1 is 1.50 bits per heavy atom. The number of hydrogen-bond donors (Lipinski definition) is 1. The molecule has 114 valence electrons. The van der Waals surface area contributed by atoms with Gasteiger partial charge in [0.2, 0.25) is 0 Å². The molecule has 1 aromatic heterocycles. The summed E-state index contributed by atoms with van der Waals surface area (Å²) < 4.78 is 4.68. The van der Waals surface area contributed by atoms with Gasteiger partial charge in [0.15, 0.2) is 15.2 Å². The number of carbonyl (C=O) groups is 1. The fraction of sp³-hybridized carbons (Fsp3) is 0.692. The van der Waals surface area contributed by atoms with Gasteiger partial charge in [0.25, 0.3) is 0 Å². The van der Waals surface area contributed by atoms with Gasteiger partial charge in [0, 0.05) is 12.6 Å². The van der Waals surface area contributed by atoms with Gasteiger partial charge in [-0.15, -0.1) is 0 Å². The zero-order chi connectivity index (χ0) is 15.3. The van der Waals surface area contributed by atoms with Gasteiger partial charge in [-0.25, -0.2) is 9.78 Å². The van der Waals surface area contributed by atoms with Gasteiger partial charge in [-0.3, -0.25) is 0 Å². The zero-order valence-electron chi connectivity index (χ0n) is 12.6. The quantitative estimate of drug-likeness (QED) is 0.783. The lowest BCUT2D eigenvalue weighted by Gasteiger charge is -2.23. The molecule has 0 radical (unpaired) electrons. The third kappa shape index (κ3) is 5.26. The molecule has 20 heavy (non-hydrogen) atoms. The number of likely N-dealkylation sites (N-methyl/N-ethyl adjacent to an activating group) is 1. The van der Waals surface area contributed by atoms with Gasteiger partial charge >= 0.3 is 5.97 Å². The highest BCUT2D eigenvalue weighted by molar-refractivity contribution is 7.18. The molecule has 0 bridgehead atoms.